The molecule has 19 heavy (non-hydrogen) atoms. The van der Waals surface area contributed by atoms with E-state index in [9.17, 15) is 4.39 Å². The van der Waals surface area contributed by atoms with Crippen molar-refractivity contribution < 1.29 is 4.39 Å². The molecule has 1 aromatic carbocycles. The van der Waals surface area contributed by atoms with E-state index in [2.05, 4.69) is 26.3 Å². The number of aryl methyl sites for hydroxylation is 2. The first-order chi connectivity index (χ1) is 9.13. The molecule has 0 radical (unpaired) electrons. The molecule has 1 N–H and O–H groups in total. The molecule has 0 fully saturated rings. The fraction of sp³-hybridized carbons (Fsp3) is 0.357. The molecule has 1 aliphatic rings. The van der Waals surface area contributed by atoms with Gasteiger partial charge in [0.15, 0.2) is 0 Å². The number of rotatable bonds is 3. The summed E-state index contributed by atoms with van der Waals surface area (Å²) >= 11 is 3.50. The Kier molecular flexibility index (Phi) is 3.41. The maximum Gasteiger partial charge on any atom is 0.123 e. The van der Waals surface area contributed by atoms with Gasteiger partial charge in [-0.2, -0.15) is 5.10 Å². The largest absolute Gasteiger partial charge is 0.304 e. The molecule has 100 valence electrons. The van der Waals surface area contributed by atoms with E-state index < -0.39 is 0 Å². The van der Waals surface area contributed by atoms with Crippen molar-refractivity contribution in [3.8, 4) is 0 Å². The predicted molar refractivity (Wildman–Crippen MR) is 75.2 cm³/mol. The number of nitrogens with zero attached hydrogens (tertiary/aromatic N) is 2. The summed E-state index contributed by atoms with van der Waals surface area (Å²) in [7, 11) is 1.90. The molecule has 0 saturated heterocycles. The zero-order valence-corrected chi connectivity index (χ0v) is 12.2. The highest BCUT2D eigenvalue weighted by Gasteiger charge is 2.22. The normalized spacial score (nSPS) is 17.7. The molecular formula is C14H15BrFN3. The topological polar surface area (TPSA) is 29.9 Å². The lowest BCUT2D eigenvalue weighted by molar-refractivity contribution is 0.521. The average Bonchev–Trinajstić information content (AvgIpc) is 2.89. The summed E-state index contributed by atoms with van der Waals surface area (Å²) in [6, 6.07) is 5.37. The Morgan fingerprint density at radius 1 is 1.53 bits per heavy atom. The minimum absolute atomic E-state index is 0.146. The van der Waals surface area contributed by atoms with Crippen LogP contribution in [0.2, 0.25) is 0 Å². The first-order valence-corrected chi connectivity index (χ1v) is 7.12. The lowest BCUT2D eigenvalue weighted by Crippen LogP contribution is -2.19. The van der Waals surface area contributed by atoms with Crippen LogP contribution in [0.5, 0.6) is 0 Å². The second-order valence-electron chi connectivity index (χ2n) is 4.91. The Morgan fingerprint density at radius 2 is 2.37 bits per heavy atom. The van der Waals surface area contributed by atoms with E-state index in [1.165, 1.54) is 11.6 Å². The molecule has 1 unspecified atom stereocenters. The third-order valence-electron chi connectivity index (χ3n) is 3.55. The monoisotopic (exact) mass is 323 g/mol. The molecule has 3 nitrogen and oxygen atoms in total. The number of aromatic nitrogens is 2. The number of hydrogen-bond donors (Lipinski definition) is 1. The molecule has 1 atom stereocenters. The van der Waals surface area contributed by atoms with Crippen LogP contribution in [0.4, 0.5) is 4.39 Å². The molecule has 3 rings (SSSR count). The van der Waals surface area contributed by atoms with Crippen molar-refractivity contribution in [2.75, 3.05) is 0 Å². The number of halogens is 2. The predicted octanol–water partition coefficient (Wildman–Crippen LogP) is 3.10. The molecule has 1 aliphatic carbocycles. The van der Waals surface area contributed by atoms with Crippen LogP contribution in [0.1, 0.15) is 29.3 Å². The highest BCUT2D eigenvalue weighted by molar-refractivity contribution is 9.10. The van der Waals surface area contributed by atoms with Gasteiger partial charge in [0.2, 0.25) is 0 Å². The van der Waals surface area contributed by atoms with Gasteiger partial charge in [0.05, 0.1) is 10.2 Å². The number of nitrogens with one attached hydrogen (secondary N) is 1. The molecule has 2 aromatic rings. The van der Waals surface area contributed by atoms with Crippen LogP contribution in [0.15, 0.2) is 28.9 Å². The second-order valence-corrected chi connectivity index (χ2v) is 5.77. The summed E-state index contributed by atoms with van der Waals surface area (Å²) in [4.78, 5) is 0. The number of fused-ring (bicyclic) bond motifs is 1. The molecule has 1 aromatic heterocycles. The van der Waals surface area contributed by atoms with Crippen LogP contribution in [0, 0.1) is 5.82 Å². The third kappa shape index (κ3) is 2.58. The Morgan fingerprint density at radius 3 is 3.11 bits per heavy atom. The van der Waals surface area contributed by atoms with Gasteiger partial charge in [0.1, 0.15) is 5.82 Å². The van der Waals surface area contributed by atoms with Crippen LogP contribution < -0.4 is 5.32 Å². The Balaban J connectivity index is 1.71. The van der Waals surface area contributed by atoms with Crippen molar-refractivity contribution in [3.05, 3.63) is 51.5 Å². The minimum atomic E-state index is -0.146. The molecule has 0 spiro atoms. The first-order valence-electron chi connectivity index (χ1n) is 6.33. The van der Waals surface area contributed by atoms with Gasteiger partial charge >= 0.3 is 0 Å². The number of hydrogen-bond acceptors (Lipinski definition) is 2. The summed E-state index contributed by atoms with van der Waals surface area (Å²) in [5.41, 5.74) is 3.34. The van der Waals surface area contributed by atoms with Gasteiger partial charge in [0.25, 0.3) is 0 Å². The fourth-order valence-corrected chi connectivity index (χ4v) is 3.16. The van der Waals surface area contributed by atoms with E-state index in [0.29, 0.717) is 12.6 Å². The molecule has 0 bridgehead atoms. The zero-order valence-electron chi connectivity index (χ0n) is 10.7. The van der Waals surface area contributed by atoms with E-state index in [4.69, 9.17) is 0 Å². The van der Waals surface area contributed by atoms with E-state index in [1.807, 2.05) is 19.3 Å². The van der Waals surface area contributed by atoms with Gasteiger partial charge in [-0.25, -0.2) is 4.39 Å². The standard InChI is InChI=1S/C14H15BrFN3/c1-19-8-12(15)14(18-19)7-17-13-5-2-9-6-10(16)3-4-11(9)13/h3-4,6,8,13,17H,2,5,7H2,1H3. The molecule has 1 heterocycles. The average molecular weight is 324 g/mol. The van der Waals surface area contributed by atoms with E-state index in [-0.39, 0.29) is 5.82 Å². The number of benzene rings is 1. The van der Waals surface area contributed by atoms with Crippen LogP contribution >= 0.6 is 15.9 Å². The van der Waals surface area contributed by atoms with Gasteiger partial charge in [-0.3, -0.25) is 4.68 Å². The van der Waals surface area contributed by atoms with Gasteiger partial charge in [0, 0.05) is 25.8 Å². The highest BCUT2D eigenvalue weighted by Crippen LogP contribution is 2.31. The smallest absolute Gasteiger partial charge is 0.123 e. The molecule has 0 aliphatic heterocycles. The van der Waals surface area contributed by atoms with Gasteiger partial charge in [-0.1, -0.05) is 6.07 Å². The van der Waals surface area contributed by atoms with E-state index >= 15 is 0 Å². The Hall–Kier alpha value is -1.20. The second kappa shape index (κ2) is 5.06. The third-order valence-corrected chi connectivity index (χ3v) is 4.22. The van der Waals surface area contributed by atoms with Crippen molar-refractivity contribution in [3.63, 3.8) is 0 Å². The van der Waals surface area contributed by atoms with Crippen LogP contribution in [0.3, 0.4) is 0 Å². The summed E-state index contributed by atoms with van der Waals surface area (Å²) in [5, 5.41) is 7.89. The summed E-state index contributed by atoms with van der Waals surface area (Å²) < 4.78 is 16.0. The summed E-state index contributed by atoms with van der Waals surface area (Å²) in [6.07, 6.45) is 3.90. The van der Waals surface area contributed by atoms with Crippen molar-refractivity contribution >= 4 is 15.9 Å². The SMILES string of the molecule is Cn1cc(Br)c(CNC2CCc3cc(F)ccc32)n1. The Labute approximate surface area is 119 Å². The van der Waals surface area contributed by atoms with Crippen molar-refractivity contribution in [2.45, 2.75) is 25.4 Å². The van der Waals surface area contributed by atoms with Crippen LogP contribution in [-0.2, 0) is 20.0 Å². The quantitative estimate of drug-likeness (QED) is 0.940. The van der Waals surface area contributed by atoms with Crippen molar-refractivity contribution in [2.24, 2.45) is 7.05 Å². The highest BCUT2D eigenvalue weighted by atomic mass is 79.9. The lowest BCUT2D eigenvalue weighted by atomic mass is 10.1. The van der Waals surface area contributed by atoms with Gasteiger partial charge in [-0.15, -0.1) is 0 Å². The molecule has 0 saturated carbocycles. The minimum Gasteiger partial charge on any atom is -0.304 e. The maximum atomic E-state index is 13.2. The lowest BCUT2D eigenvalue weighted by Gasteiger charge is -2.13. The van der Waals surface area contributed by atoms with E-state index in [1.54, 1.807) is 10.7 Å². The summed E-state index contributed by atoms with van der Waals surface area (Å²) in [6.45, 7) is 0.711. The maximum absolute atomic E-state index is 13.2. The van der Waals surface area contributed by atoms with Crippen LogP contribution in [-0.4, -0.2) is 9.78 Å². The summed E-state index contributed by atoms with van der Waals surface area (Å²) in [5.74, 6) is -0.146. The van der Waals surface area contributed by atoms with E-state index in [0.717, 1.165) is 28.6 Å². The van der Waals surface area contributed by atoms with Crippen molar-refractivity contribution in [1.82, 2.24) is 15.1 Å². The molecule has 5 heteroatoms. The molecule has 0 amide bonds. The van der Waals surface area contributed by atoms with Crippen molar-refractivity contribution in [1.29, 1.82) is 0 Å². The zero-order chi connectivity index (χ0) is 13.4. The van der Waals surface area contributed by atoms with Gasteiger partial charge < -0.3 is 5.32 Å². The first kappa shape index (κ1) is 12.8. The fourth-order valence-electron chi connectivity index (χ4n) is 2.64. The Bertz CT molecular complexity index is 609. The van der Waals surface area contributed by atoms with Gasteiger partial charge in [-0.05, 0) is 52.0 Å². The van der Waals surface area contributed by atoms with Crippen LogP contribution in [0.25, 0.3) is 0 Å². The molecular weight excluding hydrogens is 309 g/mol.